The molecule has 4 rings (SSSR count). The number of benzene rings is 3. The van der Waals surface area contributed by atoms with Crippen LogP contribution in [0.25, 0.3) is 21.8 Å². The van der Waals surface area contributed by atoms with E-state index < -0.39 is 0 Å². The third-order valence-electron chi connectivity index (χ3n) is 4.33. The van der Waals surface area contributed by atoms with Gasteiger partial charge < -0.3 is 9.67 Å². The Morgan fingerprint density at radius 3 is 2.46 bits per heavy atom. The molecule has 0 aliphatic carbocycles. The zero-order valence-electron chi connectivity index (χ0n) is 13.5. The third kappa shape index (κ3) is 2.44. The summed E-state index contributed by atoms with van der Waals surface area (Å²) in [5, 5.41) is 11.8. The number of aromatic hydroxyl groups is 1. The molecule has 0 atom stereocenters. The van der Waals surface area contributed by atoms with Gasteiger partial charge in [0, 0.05) is 34.6 Å². The van der Waals surface area contributed by atoms with Crippen molar-refractivity contribution < 1.29 is 5.11 Å². The van der Waals surface area contributed by atoms with Crippen molar-refractivity contribution in [1.82, 2.24) is 4.57 Å². The average molecular weight is 314 g/mol. The fourth-order valence-electron chi connectivity index (χ4n) is 3.17. The Bertz CT molecular complexity index is 1040. The molecule has 3 heteroatoms. The van der Waals surface area contributed by atoms with Crippen LogP contribution in [0.3, 0.4) is 0 Å². The molecule has 0 saturated carbocycles. The van der Waals surface area contributed by atoms with E-state index >= 15 is 0 Å². The number of aryl methyl sites for hydroxylation is 1. The maximum atomic E-state index is 9.34. The molecule has 0 radical (unpaired) electrons. The fourth-order valence-corrected chi connectivity index (χ4v) is 3.17. The van der Waals surface area contributed by atoms with Crippen molar-refractivity contribution in [3.63, 3.8) is 0 Å². The quantitative estimate of drug-likeness (QED) is 0.514. The summed E-state index contributed by atoms with van der Waals surface area (Å²) >= 11 is 0. The molecule has 3 nitrogen and oxygen atoms in total. The molecule has 3 aromatic carbocycles. The van der Waals surface area contributed by atoms with Gasteiger partial charge in [-0.2, -0.15) is 0 Å². The Kier molecular flexibility index (Phi) is 3.54. The molecule has 0 saturated heterocycles. The lowest BCUT2D eigenvalue weighted by atomic mass is 10.1. The van der Waals surface area contributed by atoms with Crippen molar-refractivity contribution >= 4 is 33.7 Å². The van der Waals surface area contributed by atoms with Crippen LogP contribution >= 0.6 is 0 Å². The molecular formula is C21H18N2O. The van der Waals surface area contributed by atoms with E-state index in [1.54, 1.807) is 12.1 Å². The first-order valence-corrected chi connectivity index (χ1v) is 8.10. The van der Waals surface area contributed by atoms with Gasteiger partial charge in [-0.3, -0.25) is 4.99 Å². The summed E-state index contributed by atoms with van der Waals surface area (Å²) < 4.78 is 2.33. The minimum absolute atomic E-state index is 0.265. The highest BCUT2D eigenvalue weighted by molar-refractivity contribution is 6.09. The van der Waals surface area contributed by atoms with E-state index in [2.05, 4.69) is 52.9 Å². The average Bonchev–Trinajstić information content (AvgIpc) is 2.94. The molecule has 0 unspecified atom stereocenters. The molecular weight excluding hydrogens is 296 g/mol. The van der Waals surface area contributed by atoms with Crippen LogP contribution in [0.2, 0.25) is 0 Å². The molecule has 1 aromatic heterocycles. The molecule has 118 valence electrons. The van der Waals surface area contributed by atoms with E-state index in [-0.39, 0.29) is 5.75 Å². The van der Waals surface area contributed by atoms with Gasteiger partial charge in [-0.05, 0) is 61.0 Å². The van der Waals surface area contributed by atoms with E-state index in [1.807, 2.05) is 24.4 Å². The number of aliphatic imine (C=N–C) groups is 1. The Balaban J connectivity index is 1.80. The molecule has 0 spiro atoms. The standard InChI is InChI=1S/C21H18N2O/c1-2-23-20-6-4-3-5-18(20)19-13-16(9-12-21(19)23)22-14-15-7-10-17(24)11-8-15/h3-14,24H,2H2,1H3. The monoisotopic (exact) mass is 314 g/mol. The number of hydrogen-bond donors (Lipinski definition) is 1. The van der Waals surface area contributed by atoms with Crippen LogP contribution in [0.1, 0.15) is 12.5 Å². The van der Waals surface area contributed by atoms with Gasteiger partial charge in [-0.25, -0.2) is 0 Å². The molecule has 0 aliphatic heterocycles. The van der Waals surface area contributed by atoms with Gasteiger partial charge in [0.2, 0.25) is 0 Å². The van der Waals surface area contributed by atoms with Gasteiger partial charge in [-0.15, -0.1) is 0 Å². The van der Waals surface area contributed by atoms with Gasteiger partial charge in [-0.1, -0.05) is 18.2 Å². The SMILES string of the molecule is CCn1c2ccccc2c2cc(N=Cc3ccc(O)cc3)ccc21. The first kappa shape index (κ1) is 14.5. The smallest absolute Gasteiger partial charge is 0.115 e. The topological polar surface area (TPSA) is 37.5 Å². The Labute approximate surface area is 140 Å². The van der Waals surface area contributed by atoms with Crippen LogP contribution in [0.4, 0.5) is 5.69 Å². The highest BCUT2D eigenvalue weighted by Gasteiger charge is 2.09. The Morgan fingerprint density at radius 1 is 0.917 bits per heavy atom. The number of phenolic OH excluding ortho intramolecular Hbond substituents is 1. The number of nitrogens with zero attached hydrogens (tertiary/aromatic N) is 2. The van der Waals surface area contributed by atoms with Crippen molar-refractivity contribution in [2.45, 2.75) is 13.5 Å². The second-order valence-electron chi connectivity index (χ2n) is 5.81. The summed E-state index contributed by atoms with van der Waals surface area (Å²) in [7, 11) is 0. The van der Waals surface area contributed by atoms with Gasteiger partial charge in [0.15, 0.2) is 0 Å². The largest absolute Gasteiger partial charge is 0.508 e. The van der Waals surface area contributed by atoms with Gasteiger partial charge in [0.1, 0.15) is 5.75 Å². The summed E-state index contributed by atoms with van der Waals surface area (Å²) in [4.78, 5) is 4.58. The minimum atomic E-state index is 0.265. The lowest BCUT2D eigenvalue weighted by molar-refractivity contribution is 0.475. The maximum Gasteiger partial charge on any atom is 0.115 e. The van der Waals surface area contributed by atoms with E-state index in [9.17, 15) is 5.11 Å². The Hall–Kier alpha value is -3.07. The van der Waals surface area contributed by atoms with E-state index in [4.69, 9.17) is 0 Å². The summed E-state index contributed by atoms with van der Waals surface area (Å²) in [5.74, 6) is 0.265. The second-order valence-corrected chi connectivity index (χ2v) is 5.81. The normalized spacial score (nSPS) is 11.7. The van der Waals surface area contributed by atoms with Crippen LogP contribution in [0, 0.1) is 0 Å². The molecule has 4 aromatic rings. The molecule has 0 aliphatic rings. The van der Waals surface area contributed by atoms with Crippen LogP contribution < -0.4 is 0 Å². The first-order chi connectivity index (χ1) is 11.8. The van der Waals surface area contributed by atoms with E-state index in [0.717, 1.165) is 17.8 Å². The lowest BCUT2D eigenvalue weighted by Crippen LogP contribution is -1.92. The minimum Gasteiger partial charge on any atom is -0.508 e. The number of fused-ring (bicyclic) bond motifs is 3. The summed E-state index contributed by atoms with van der Waals surface area (Å²) in [6.07, 6.45) is 1.82. The Morgan fingerprint density at radius 2 is 1.67 bits per heavy atom. The highest BCUT2D eigenvalue weighted by Crippen LogP contribution is 2.31. The van der Waals surface area contributed by atoms with Crippen LogP contribution in [-0.2, 0) is 6.54 Å². The van der Waals surface area contributed by atoms with Crippen LogP contribution in [0.5, 0.6) is 5.75 Å². The number of para-hydroxylation sites is 1. The van der Waals surface area contributed by atoms with Gasteiger partial charge in [0.25, 0.3) is 0 Å². The number of phenols is 1. The van der Waals surface area contributed by atoms with Crippen molar-refractivity contribution in [2.24, 2.45) is 4.99 Å². The second kappa shape index (κ2) is 5.85. The molecule has 1 heterocycles. The predicted molar refractivity (Wildman–Crippen MR) is 100 cm³/mol. The maximum absolute atomic E-state index is 9.34. The predicted octanol–water partition coefficient (Wildman–Crippen LogP) is 5.27. The first-order valence-electron chi connectivity index (χ1n) is 8.10. The molecule has 1 N–H and O–H groups in total. The molecule has 24 heavy (non-hydrogen) atoms. The zero-order valence-corrected chi connectivity index (χ0v) is 13.5. The molecule has 0 bridgehead atoms. The van der Waals surface area contributed by atoms with Crippen molar-refractivity contribution in [3.05, 3.63) is 72.3 Å². The fraction of sp³-hybridized carbons (Fsp3) is 0.0952. The number of aromatic nitrogens is 1. The van der Waals surface area contributed by atoms with Gasteiger partial charge >= 0.3 is 0 Å². The van der Waals surface area contributed by atoms with Crippen molar-refractivity contribution in [1.29, 1.82) is 0 Å². The van der Waals surface area contributed by atoms with Gasteiger partial charge in [0.05, 0.1) is 5.69 Å². The summed E-state index contributed by atoms with van der Waals surface area (Å²) in [5.41, 5.74) is 4.38. The number of rotatable bonds is 3. The lowest BCUT2D eigenvalue weighted by Gasteiger charge is -2.02. The summed E-state index contributed by atoms with van der Waals surface area (Å²) in [6.45, 7) is 3.11. The molecule has 0 fully saturated rings. The van der Waals surface area contributed by atoms with Crippen LogP contribution in [-0.4, -0.2) is 15.9 Å². The zero-order chi connectivity index (χ0) is 16.5. The van der Waals surface area contributed by atoms with E-state index in [0.29, 0.717) is 0 Å². The third-order valence-corrected chi connectivity index (χ3v) is 4.33. The van der Waals surface area contributed by atoms with Crippen LogP contribution in [0.15, 0.2) is 71.7 Å². The highest BCUT2D eigenvalue weighted by atomic mass is 16.3. The molecule has 0 amide bonds. The summed E-state index contributed by atoms with van der Waals surface area (Å²) in [6, 6.07) is 21.8. The van der Waals surface area contributed by atoms with Crippen molar-refractivity contribution in [2.75, 3.05) is 0 Å². The number of hydrogen-bond acceptors (Lipinski definition) is 2. The van der Waals surface area contributed by atoms with Crippen molar-refractivity contribution in [3.8, 4) is 5.75 Å². The van der Waals surface area contributed by atoms with E-state index in [1.165, 1.54) is 21.8 Å².